The molecule has 128 valence electrons. The molecule has 11 nitrogen and oxygen atoms in total. The first kappa shape index (κ1) is 17.3. The standard InChI is InChI=1S/C6H6N4O2.C6H12O5/c1-10-4-3(7-2-8-4)5(11)9-6(10)12;7-1-4-6(10)5(9)3(8)2-11-4/h2H,1H3,(H,7,8)(H,9,11,12);3-10H,1-2H2/t;3-,4+,5+,6+/m.0/s1. The van der Waals surface area contributed by atoms with E-state index < -0.39 is 35.7 Å². The molecule has 0 amide bonds. The van der Waals surface area contributed by atoms with Crippen LogP contribution in [0.5, 0.6) is 0 Å². The third-order valence-corrected chi connectivity index (χ3v) is 3.48. The Morgan fingerprint density at radius 1 is 1.35 bits per heavy atom. The molecule has 1 aliphatic rings. The summed E-state index contributed by atoms with van der Waals surface area (Å²) in [7, 11) is 1.54. The van der Waals surface area contributed by atoms with Crippen LogP contribution in [0.2, 0.25) is 0 Å². The van der Waals surface area contributed by atoms with Crippen molar-refractivity contribution in [2.45, 2.75) is 24.4 Å². The van der Waals surface area contributed by atoms with Crippen molar-refractivity contribution in [2.75, 3.05) is 13.2 Å². The lowest BCUT2D eigenvalue weighted by atomic mass is 10.0. The van der Waals surface area contributed by atoms with Crippen LogP contribution in [0.4, 0.5) is 0 Å². The Kier molecular flexibility index (Phi) is 5.28. The minimum absolute atomic E-state index is 0.0521. The predicted octanol–water partition coefficient (Wildman–Crippen LogP) is -3.59. The third kappa shape index (κ3) is 3.48. The minimum Gasteiger partial charge on any atom is -0.394 e. The molecule has 2 aromatic heterocycles. The van der Waals surface area contributed by atoms with Crippen LogP contribution in [-0.4, -0.2) is 77.6 Å². The maximum absolute atomic E-state index is 11.1. The number of hydrogen-bond acceptors (Lipinski definition) is 8. The lowest BCUT2D eigenvalue weighted by Crippen LogP contribution is -2.53. The molecule has 3 heterocycles. The first-order chi connectivity index (χ1) is 10.9. The monoisotopic (exact) mass is 330 g/mol. The van der Waals surface area contributed by atoms with Gasteiger partial charge in [-0.05, 0) is 0 Å². The molecule has 1 aliphatic heterocycles. The smallest absolute Gasteiger partial charge is 0.329 e. The normalized spacial score (nSPS) is 27.5. The minimum atomic E-state index is -1.22. The quantitative estimate of drug-likeness (QED) is 0.311. The Morgan fingerprint density at radius 2 is 2.04 bits per heavy atom. The highest BCUT2D eigenvalue weighted by atomic mass is 16.5. The number of fused-ring (bicyclic) bond motifs is 1. The fraction of sp³-hybridized carbons (Fsp3) is 0.583. The number of aromatic amines is 2. The Morgan fingerprint density at radius 3 is 2.70 bits per heavy atom. The maximum atomic E-state index is 11.1. The molecule has 0 bridgehead atoms. The number of aromatic nitrogens is 4. The molecule has 0 unspecified atom stereocenters. The van der Waals surface area contributed by atoms with Gasteiger partial charge in [-0.1, -0.05) is 0 Å². The van der Waals surface area contributed by atoms with Gasteiger partial charge in [0.25, 0.3) is 5.56 Å². The number of rotatable bonds is 1. The largest absolute Gasteiger partial charge is 0.394 e. The van der Waals surface area contributed by atoms with Crippen LogP contribution in [0, 0.1) is 0 Å². The van der Waals surface area contributed by atoms with Crippen LogP contribution in [0.3, 0.4) is 0 Å². The van der Waals surface area contributed by atoms with Crippen LogP contribution < -0.4 is 11.2 Å². The van der Waals surface area contributed by atoms with Crippen LogP contribution in [0.1, 0.15) is 0 Å². The number of nitrogens with zero attached hydrogens (tertiary/aromatic N) is 2. The summed E-state index contributed by atoms with van der Waals surface area (Å²) in [6.45, 7) is -0.408. The Hall–Kier alpha value is -2.05. The number of aryl methyl sites for hydroxylation is 1. The van der Waals surface area contributed by atoms with Gasteiger partial charge in [0, 0.05) is 7.05 Å². The van der Waals surface area contributed by atoms with Crippen molar-refractivity contribution in [1.82, 2.24) is 19.5 Å². The molecule has 0 radical (unpaired) electrons. The Balaban J connectivity index is 0.000000168. The molecule has 11 heteroatoms. The predicted molar refractivity (Wildman–Crippen MR) is 76.8 cm³/mol. The summed E-state index contributed by atoms with van der Waals surface area (Å²) in [5.74, 6) is 0. The summed E-state index contributed by atoms with van der Waals surface area (Å²) >= 11 is 0. The molecular formula is C12H18N4O7. The molecular weight excluding hydrogens is 312 g/mol. The van der Waals surface area contributed by atoms with Crippen LogP contribution in [-0.2, 0) is 11.8 Å². The first-order valence-electron chi connectivity index (χ1n) is 6.75. The SMILES string of the molecule is Cn1c(=O)[nH]c(=O)c2[nH]cnc21.OC[C@H]1OC[C@H](O)[C@@H](O)[C@@H]1O. The van der Waals surface area contributed by atoms with Crippen LogP contribution >= 0.6 is 0 Å². The average Bonchev–Trinajstić information content (AvgIpc) is 3.02. The van der Waals surface area contributed by atoms with E-state index in [-0.39, 0.29) is 13.2 Å². The first-order valence-corrected chi connectivity index (χ1v) is 6.75. The molecule has 4 atom stereocenters. The molecule has 2 aromatic rings. The van der Waals surface area contributed by atoms with E-state index in [1.807, 2.05) is 0 Å². The molecule has 1 saturated heterocycles. The van der Waals surface area contributed by atoms with Crippen molar-refractivity contribution < 1.29 is 25.2 Å². The lowest BCUT2D eigenvalue weighted by molar-refractivity contribution is -0.195. The number of aliphatic hydroxyl groups is 4. The van der Waals surface area contributed by atoms with Crippen LogP contribution in [0.15, 0.2) is 15.9 Å². The Labute approximate surface area is 128 Å². The second-order valence-corrected chi connectivity index (χ2v) is 5.02. The van der Waals surface area contributed by atoms with Gasteiger partial charge in [-0.2, -0.15) is 0 Å². The molecule has 3 rings (SSSR count). The van der Waals surface area contributed by atoms with E-state index in [0.717, 1.165) is 0 Å². The van der Waals surface area contributed by atoms with Gasteiger partial charge in [0.05, 0.1) is 19.5 Å². The van der Waals surface area contributed by atoms with Gasteiger partial charge >= 0.3 is 5.69 Å². The zero-order valence-corrected chi connectivity index (χ0v) is 12.2. The number of ether oxygens (including phenoxy) is 1. The Bertz CT molecular complexity index is 765. The van der Waals surface area contributed by atoms with E-state index in [1.165, 1.54) is 10.9 Å². The molecule has 0 saturated carbocycles. The van der Waals surface area contributed by atoms with Gasteiger partial charge < -0.3 is 30.1 Å². The van der Waals surface area contributed by atoms with Crippen LogP contribution in [0.25, 0.3) is 11.2 Å². The fourth-order valence-electron chi connectivity index (χ4n) is 2.08. The van der Waals surface area contributed by atoms with Gasteiger partial charge in [0.1, 0.15) is 29.9 Å². The topological polar surface area (TPSA) is 174 Å². The summed E-state index contributed by atoms with van der Waals surface area (Å²) < 4.78 is 6.08. The van der Waals surface area contributed by atoms with E-state index in [4.69, 9.17) is 25.2 Å². The summed E-state index contributed by atoms with van der Waals surface area (Å²) in [6.07, 6.45) is -2.90. The van der Waals surface area contributed by atoms with Crippen molar-refractivity contribution in [1.29, 1.82) is 0 Å². The average molecular weight is 330 g/mol. The number of aliphatic hydroxyl groups excluding tert-OH is 4. The molecule has 0 spiro atoms. The maximum Gasteiger partial charge on any atom is 0.329 e. The van der Waals surface area contributed by atoms with E-state index in [1.54, 1.807) is 7.05 Å². The number of imidazole rings is 1. The summed E-state index contributed by atoms with van der Waals surface area (Å²) in [5.41, 5.74) is -0.217. The molecule has 0 aliphatic carbocycles. The van der Waals surface area contributed by atoms with E-state index in [2.05, 4.69) is 15.0 Å². The second kappa shape index (κ2) is 7.02. The molecule has 6 N–H and O–H groups in total. The highest BCUT2D eigenvalue weighted by Gasteiger charge is 2.36. The lowest BCUT2D eigenvalue weighted by Gasteiger charge is -2.34. The van der Waals surface area contributed by atoms with Crippen molar-refractivity contribution >= 4 is 11.2 Å². The molecule has 23 heavy (non-hydrogen) atoms. The number of H-pyrrole nitrogens is 2. The second-order valence-electron chi connectivity index (χ2n) is 5.02. The number of nitrogens with one attached hydrogen (secondary N) is 2. The molecule has 0 aromatic carbocycles. The van der Waals surface area contributed by atoms with Gasteiger partial charge in [0.2, 0.25) is 0 Å². The van der Waals surface area contributed by atoms with Crippen molar-refractivity contribution in [2.24, 2.45) is 7.05 Å². The molecule has 1 fully saturated rings. The zero-order valence-electron chi connectivity index (χ0n) is 12.2. The van der Waals surface area contributed by atoms with E-state index in [0.29, 0.717) is 11.2 Å². The van der Waals surface area contributed by atoms with Crippen molar-refractivity contribution in [3.05, 3.63) is 27.2 Å². The van der Waals surface area contributed by atoms with Crippen molar-refractivity contribution in [3.63, 3.8) is 0 Å². The zero-order chi connectivity index (χ0) is 17.1. The third-order valence-electron chi connectivity index (χ3n) is 3.48. The summed E-state index contributed by atoms with van der Waals surface area (Å²) in [5, 5.41) is 35.7. The van der Waals surface area contributed by atoms with Gasteiger partial charge in [-0.15, -0.1) is 0 Å². The number of hydrogen-bond donors (Lipinski definition) is 6. The van der Waals surface area contributed by atoms with E-state index in [9.17, 15) is 9.59 Å². The summed E-state index contributed by atoms with van der Waals surface area (Å²) in [4.78, 5) is 30.7. The van der Waals surface area contributed by atoms with Gasteiger partial charge in [-0.25, -0.2) is 9.78 Å². The van der Waals surface area contributed by atoms with E-state index >= 15 is 0 Å². The van der Waals surface area contributed by atoms with Crippen molar-refractivity contribution in [3.8, 4) is 0 Å². The highest BCUT2D eigenvalue weighted by molar-refractivity contribution is 5.68. The highest BCUT2D eigenvalue weighted by Crippen LogP contribution is 2.14. The summed E-state index contributed by atoms with van der Waals surface area (Å²) in [6, 6.07) is 0. The van der Waals surface area contributed by atoms with Gasteiger partial charge in [0.15, 0.2) is 5.65 Å². The van der Waals surface area contributed by atoms with Gasteiger partial charge in [-0.3, -0.25) is 14.3 Å². The fourth-order valence-corrected chi connectivity index (χ4v) is 2.08.